The van der Waals surface area contributed by atoms with Gasteiger partial charge in [0.05, 0.1) is 20.3 Å². The van der Waals surface area contributed by atoms with Crippen LogP contribution in [-0.4, -0.2) is 25.4 Å². The summed E-state index contributed by atoms with van der Waals surface area (Å²) in [6.45, 7) is 0. The molecule has 0 radical (unpaired) electrons. The maximum Gasteiger partial charge on any atom is 0.122 e. The number of methoxy groups -OCH3 is 2. The molecule has 1 fully saturated rings. The maximum atomic E-state index is 9.36. The van der Waals surface area contributed by atoms with Gasteiger partial charge in [-0.1, -0.05) is 0 Å². The minimum atomic E-state index is -0.443. The van der Waals surface area contributed by atoms with Crippen LogP contribution in [0, 0.1) is 0 Å². The Kier molecular flexibility index (Phi) is 2.78. The second-order valence-corrected chi connectivity index (χ2v) is 4.32. The number of ether oxygens (including phenoxy) is 2. The van der Waals surface area contributed by atoms with Crippen LogP contribution < -0.4 is 15.2 Å². The summed E-state index contributed by atoms with van der Waals surface area (Å²) < 4.78 is 10.4. The standard InChI is InChI=1S/C12H17NO3/c1-15-10-3-8(4-11(5-10)16-2)12(13)6-9(14)7-12/h3-5,9,14H,6-7,13H2,1-2H3. The lowest BCUT2D eigenvalue weighted by Gasteiger charge is -2.42. The average molecular weight is 223 g/mol. The van der Waals surface area contributed by atoms with E-state index in [0.29, 0.717) is 12.8 Å². The zero-order valence-electron chi connectivity index (χ0n) is 9.56. The molecule has 1 saturated carbocycles. The van der Waals surface area contributed by atoms with Crippen molar-refractivity contribution in [3.63, 3.8) is 0 Å². The molecule has 16 heavy (non-hydrogen) atoms. The van der Waals surface area contributed by atoms with Gasteiger partial charge in [-0.05, 0) is 30.5 Å². The summed E-state index contributed by atoms with van der Waals surface area (Å²) in [5.74, 6) is 1.45. The number of benzene rings is 1. The molecule has 0 unspecified atom stereocenters. The van der Waals surface area contributed by atoms with Gasteiger partial charge in [-0.2, -0.15) is 0 Å². The van der Waals surface area contributed by atoms with Crippen LogP contribution in [-0.2, 0) is 5.54 Å². The van der Waals surface area contributed by atoms with E-state index in [0.717, 1.165) is 17.1 Å². The van der Waals surface area contributed by atoms with Crippen LogP contribution in [0.5, 0.6) is 11.5 Å². The van der Waals surface area contributed by atoms with Gasteiger partial charge in [0, 0.05) is 11.6 Å². The SMILES string of the molecule is COc1cc(OC)cc(C2(N)CC(O)C2)c1. The Morgan fingerprint density at radius 1 is 1.19 bits per heavy atom. The first-order valence-electron chi connectivity index (χ1n) is 5.28. The third-order valence-corrected chi connectivity index (χ3v) is 3.13. The largest absolute Gasteiger partial charge is 0.497 e. The van der Waals surface area contributed by atoms with E-state index in [-0.39, 0.29) is 6.10 Å². The molecule has 0 heterocycles. The fourth-order valence-electron chi connectivity index (χ4n) is 2.11. The lowest BCUT2D eigenvalue weighted by molar-refractivity contribution is 0.0207. The molecule has 0 spiro atoms. The first-order valence-corrected chi connectivity index (χ1v) is 5.28. The van der Waals surface area contributed by atoms with Crippen LogP contribution in [0.3, 0.4) is 0 Å². The second kappa shape index (κ2) is 3.96. The Balaban J connectivity index is 2.33. The quantitative estimate of drug-likeness (QED) is 0.802. The van der Waals surface area contributed by atoms with Crippen molar-refractivity contribution in [3.8, 4) is 11.5 Å². The van der Waals surface area contributed by atoms with E-state index in [1.807, 2.05) is 18.2 Å². The smallest absolute Gasteiger partial charge is 0.122 e. The van der Waals surface area contributed by atoms with Gasteiger partial charge in [-0.3, -0.25) is 0 Å². The second-order valence-electron chi connectivity index (χ2n) is 4.32. The van der Waals surface area contributed by atoms with Crippen LogP contribution >= 0.6 is 0 Å². The van der Waals surface area contributed by atoms with Crippen LogP contribution in [0.1, 0.15) is 18.4 Å². The van der Waals surface area contributed by atoms with Crippen molar-refractivity contribution in [1.29, 1.82) is 0 Å². The maximum absolute atomic E-state index is 9.36. The van der Waals surface area contributed by atoms with Crippen LogP contribution in [0.4, 0.5) is 0 Å². The summed E-state index contributed by atoms with van der Waals surface area (Å²) in [5, 5.41) is 9.36. The Morgan fingerprint density at radius 3 is 2.06 bits per heavy atom. The fourth-order valence-corrected chi connectivity index (χ4v) is 2.11. The van der Waals surface area contributed by atoms with E-state index >= 15 is 0 Å². The summed E-state index contributed by atoms with van der Waals surface area (Å²) in [6, 6.07) is 5.60. The molecule has 0 amide bonds. The van der Waals surface area contributed by atoms with Crippen LogP contribution in [0.15, 0.2) is 18.2 Å². The molecule has 1 aliphatic carbocycles. The number of nitrogens with two attached hydrogens (primary N) is 1. The number of aliphatic hydroxyl groups excluding tert-OH is 1. The molecule has 0 saturated heterocycles. The van der Waals surface area contributed by atoms with E-state index < -0.39 is 5.54 Å². The first-order chi connectivity index (χ1) is 7.57. The van der Waals surface area contributed by atoms with Crippen LogP contribution in [0.2, 0.25) is 0 Å². The number of rotatable bonds is 3. The predicted octanol–water partition coefficient (Wildman–Crippen LogP) is 1.01. The van der Waals surface area contributed by atoms with Crippen molar-refractivity contribution in [3.05, 3.63) is 23.8 Å². The lowest BCUT2D eigenvalue weighted by Crippen LogP contribution is -2.51. The summed E-state index contributed by atoms with van der Waals surface area (Å²) in [7, 11) is 3.22. The molecule has 2 rings (SSSR count). The van der Waals surface area contributed by atoms with Gasteiger partial charge in [-0.15, -0.1) is 0 Å². The molecule has 4 nitrogen and oxygen atoms in total. The first kappa shape index (κ1) is 11.2. The van der Waals surface area contributed by atoms with Crippen molar-refractivity contribution < 1.29 is 14.6 Å². The number of aliphatic hydroxyl groups is 1. The molecule has 0 aromatic heterocycles. The summed E-state index contributed by atoms with van der Waals surface area (Å²) >= 11 is 0. The van der Waals surface area contributed by atoms with E-state index in [9.17, 15) is 5.11 Å². The summed E-state index contributed by atoms with van der Waals surface area (Å²) in [5.41, 5.74) is 6.70. The summed E-state index contributed by atoms with van der Waals surface area (Å²) in [6.07, 6.45) is 0.884. The van der Waals surface area contributed by atoms with Crippen molar-refractivity contribution in [2.75, 3.05) is 14.2 Å². The van der Waals surface area contributed by atoms with Gasteiger partial charge in [0.1, 0.15) is 11.5 Å². The number of hydrogen-bond acceptors (Lipinski definition) is 4. The molecule has 1 aromatic carbocycles. The molecule has 88 valence electrons. The fraction of sp³-hybridized carbons (Fsp3) is 0.500. The molecule has 1 aliphatic rings. The third kappa shape index (κ3) is 1.86. The molecule has 0 bridgehead atoms. The van der Waals surface area contributed by atoms with Gasteiger partial charge in [0.15, 0.2) is 0 Å². The Bertz CT molecular complexity index is 364. The van der Waals surface area contributed by atoms with Gasteiger partial charge in [-0.25, -0.2) is 0 Å². The monoisotopic (exact) mass is 223 g/mol. The molecule has 4 heteroatoms. The van der Waals surface area contributed by atoms with Crippen molar-refractivity contribution in [1.82, 2.24) is 0 Å². The molecular formula is C12H17NO3. The molecule has 3 N–H and O–H groups in total. The highest BCUT2D eigenvalue weighted by molar-refractivity contribution is 5.42. The molecule has 0 aliphatic heterocycles. The third-order valence-electron chi connectivity index (χ3n) is 3.13. The van der Waals surface area contributed by atoms with Crippen molar-refractivity contribution in [2.24, 2.45) is 5.73 Å². The van der Waals surface area contributed by atoms with Crippen LogP contribution in [0.25, 0.3) is 0 Å². The van der Waals surface area contributed by atoms with Gasteiger partial charge >= 0.3 is 0 Å². The Hall–Kier alpha value is -1.26. The van der Waals surface area contributed by atoms with Crippen molar-refractivity contribution in [2.45, 2.75) is 24.5 Å². The highest BCUT2D eigenvalue weighted by Crippen LogP contribution is 2.41. The molecule has 0 atom stereocenters. The lowest BCUT2D eigenvalue weighted by atomic mass is 9.70. The highest BCUT2D eigenvalue weighted by Gasteiger charge is 2.41. The Labute approximate surface area is 95.0 Å². The molecule has 1 aromatic rings. The normalized spacial score (nSPS) is 28.4. The van der Waals surface area contributed by atoms with Gasteiger partial charge in [0.25, 0.3) is 0 Å². The number of hydrogen-bond donors (Lipinski definition) is 2. The topological polar surface area (TPSA) is 64.7 Å². The van der Waals surface area contributed by atoms with Gasteiger partial charge in [0.2, 0.25) is 0 Å². The van der Waals surface area contributed by atoms with Gasteiger partial charge < -0.3 is 20.3 Å². The zero-order valence-corrected chi connectivity index (χ0v) is 9.56. The average Bonchev–Trinajstić information content (AvgIpc) is 2.26. The van der Waals surface area contributed by atoms with E-state index in [1.165, 1.54) is 0 Å². The highest BCUT2D eigenvalue weighted by atomic mass is 16.5. The minimum absolute atomic E-state index is 0.290. The minimum Gasteiger partial charge on any atom is -0.497 e. The van der Waals surface area contributed by atoms with Crippen molar-refractivity contribution >= 4 is 0 Å². The van der Waals surface area contributed by atoms with E-state index in [4.69, 9.17) is 15.2 Å². The predicted molar refractivity (Wildman–Crippen MR) is 60.7 cm³/mol. The van der Waals surface area contributed by atoms with E-state index in [1.54, 1.807) is 14.2 Å². The Morgan fingerprint density at radius 2 is 1.69 bits per heavy atom. The van der Waals surface area contributed by atoms with E-state index in [2.05, 4.69) is 0 Å². The molecular weight excluding hydrogens is 206 g/mol. The summed E-state index contributed by atoms with van der Waals surface area (Å²) in [4.78, 5) is 0. The zero-order chi connectivity index (χ0) is 11.8.